The lowest BCUT2D eigenvalue weighted by Crippen LogP contribution is -2.20. The first-order chi connectivity index (χ1) is 10.1. The molecule has 6 nitrogen and oxygen atoms in total. The molecule has 0 atom stereocenters. The molecule has 0 aliphatic heterocycles. The van der Waals surface area contributed by atoms with Crippen LogP contribution in [0.1, 0.15) is 41.5 Å². The minimum atomic E-state index is -1.22. The standard InChI is InChI=1S/C16H22O6/c1-10(17)7-13(4)20-16(21-14(5)8-11(2)18)22-15(6)9-12(3)19/h7-9,16H,1-6H3/b13-7-,14-8-,15-9+. The average Bonchev–Trinajstić information content (AvgIpc) is 2.23. The number of carbonyl (C=O) groups excluding carboxylic acids is 3. The predicted octanol–water partition coefficient (Wildman–Crippen LogP) is 2.80. The maximum Gasteiger partial charge on any atom is 0.405 e. The van der Waals surface area contributed by atoms with Gasteiger partial charge in [0.15, 0.2) is 17.3 Å². The zero-order valence-corrected chi connectivity index (χ0v) is 13.8. The highest BCUT2D eigenvalue weighted by atomic mass is 16.8. The van der Waals surface area contributed by atoms with E-state index < -0.39 is 6.48 Å². The molecule has 0 heterocycles. The zero-order valence-electron chi connectivity index (χ0n) is 13.8. The van der Waals surface area contributed by atoms with Crippen molar-refractivity contribution < 1.29 is 28.6 Å². The summed E-state index contributed by atoms with van der Waals surface area (Å²) in [5.41, 5.74) is 0. The topological polar surface area (TPSA) is 78.9 Å². The summed E-state index contributed by atoms with van der Waals surface area (Å²) in [5.74, 6) is 0.269. The number of ketones is 3. The summed E-state index contributed by atoms with van der Waals surface area (Å²) in [5, 5.41) is 0. The zero-order chi connectivity index (χ0) is 17.3. The van der Waals surface area contributed by atoms with Gasteiger partial charge < -0.3 is 14.2 Å². The fourth-order valence-electron chi connectivity index (χ4n) is 1.49. The van der Waals surface area contributed by atoms with Gasteiger partial charge in [-0.3, -0.25) is 14.4 Å². The lowest BCUT2D eigenvalue weighted by atomic mass is 10.4. The lowest BCUT2D eigenvalue weighted by molar-refractivity contribution is -0.234. The summed E-state index contributed by atoms with van der Waals surface area (Å²) in [6, 6.07) is 0. The number of hydrogen-bond acceptors (Lipinski definition) is 6. The molecule has 0 aromatic rings. The van der Waals surface area contributed by atoms with Crippen molar-refractivity contribution in [1.82, 2.24) is 0 Å². The number of ether oxygens (including phenoxy) is 3. The summed E-state index contributed by atoms with van der Waals surface area (Å²) in [6.45, 7) is 7.61. The van der Waals surface area contributed by atoms with E-state index in [4.69, 9.17) is 14.2 Å². The van der Waals surface area contributed by atoms with E-state index in [0.717, 1.165) is 0 Å². The molecule has 0 spiro atoms. The van der Waals surface area contributed by atoms with E-state index in [2.05, 4.69) is 0 Å². The van der Waals surface area contributed by atoms with Crippen LogP contribution in [0.25, 0.3) is 0 Å². The molecule has 0 radical (unpaired) electrons. The summed E-state index contributed by atoms with van der Waals surface area (Å²) in [7, 11) is 0. The third-order valence-corrected chi connectivity index (χ3v) is 2.07. The second-order valence-electron chi connectivity index (χ2n) is 4.74. The summed E-state index contributed by atoms with van der Waals surface area (Å²) >= 11 is 0. The Hall–Kier alpha value is -2.37. The van der Waals surface area contributed by atoms with Gasteiger partial charge in [0.05, 0.1) is 0 Å². The molecule has 0 aromatic heterocycles. The monoisotopic (exact) mass is 310 g/mol. The van der Waals surface area contributed by atoms with E-state index in [1.54, 1.807) is 20.8 Å². The highest BCUT2D eigenvalue weighted by Gasteiger charge is 2.15. The molecule has 0 saturated heterocycles. The molecule has 0 fully saturated rings. The van der Waals surface area contributed by atoms with Gasteiger partial charge in [-0.2, -0.15) is 0 Å². The van der Waals surface area contributed by atoms with Crippen LogP contribution in [0.3, 0.4) is 0 Å². The lowest BCUT2D eigenvalue weighted by Gasteiger charge is -2.21. The first-order valence-corrected chi connectivity index (χ1v) is 6.66. The van der Waals surface area contributed by atoms with Crippen LogP contribution in [0.5, 0.6) is 0 Å². The Labute approximate surface area is 130 Å². The Bertz CT molecular complexity index is 449. The summed E-state index contributed by atoms with van der Waals surface area (Å²) < 4.78 is 16.1. The molecule has 0 amide bonds. The van der Waals surface area contributed by atoms with Gasteiger partial charge in [0.1, 0.15) is 17.3 Å². The third-order valence-electron chi connectivity index (χ3n) is 2.07. The molecule has 122 valence electrons. The van der Waals surface area contributed by atoms with E-state index in [1.807, 2.05) is 0 Å². The maximum absolute atomic E-state index is 11.0. The predicted molar refractivity (Wildman–Crippen MR) is 80.4 cm³/mol. The normalized spacial score (nSPS) is 14.2. The summed E-state index contributed by atoms with van der Waals surface area (Å²) in [6.07, 6.45) is 3.81. The molecule has 6 heteroatoms. The molecule has 0 N–H and O–H groups in total. The Morgan fingerprint density at radius 1 is 0.591 bits per heavy atom. The fraction of sp³-hybridized carbons (Fsp3) is 0.438. The van der Waals surface area contributed by atoms with Crippen molar-refractivity contribution in [1.29, 1.82) is 0 Å². The first kappa shape index (κ1) is 19.6. The van der Waals surface area contributed by atoms with E-state index in [1.165, 1.54) is 39.0 Å². The Morgan fingerprint density at radius 3 is 1.00 bits per heavy atom. The Morgan fingerprint density at radius 2 is 0.818 bits per heavy atom. The van der Waals surface area contributed by atoms with Gasteiger partial charge in [-0.15, -0.1) is 0 Å². The van der Waals surface area contributed by atoms with Crippen LogP contribution in [0.4, 0.5) is 0 Å². The van der Waals surface area contributed by atoms with Crippen molar-refractivity contribution in [2.45, 2.75) is 48.0 Å². The largest absolute Gasteiger partial charge is 0.428 e. The van der Waals surface area contributed by atoms with Crippen molar-refractivity contribution in [2.24, 2.45) is 0 Å². The summed E-state index contributed by atoms with van der Waals surface area (Å²) in [4.78, 5) is 33.1. The van der Waals surface area contributed by atoms with E-state index >= 15 is 0 Å². The fourth-order valence-corrected chi connectivity index (χ4v) is 1.49. The van der Waals surface area contributed by atoms with E-state index in [0.29, 0.717) is 0 Å². The molecule has 0 aliphatic rings. The van der Waals surface area contributed by atoms with Crippen LogP contribution in [0, 0.1) is 0 Å². The Balaban J connectivity index is 5.10. The van der Waals surface area contributed by atoms with Crippen molar-refractivity contribution in [2.75, 3.05) is 0 Å². The van der Waals surface area contributed by atoms with Gasteiger partial charge >= 0.3 is 6.48 Å². The molecule has 0 saturated carbocycles. The molecule has 0 unspecified atom stereocenters. The van der Waals surface area contributed by atoms with E-state index in [-0.39, 0.29) is 34.6 Å². The minimum Gasteiger partial charge on any atom is -0.428 e. The number of allylic oxidation sites excluding steroid dienone is 6. The van der Waals surface area contributed by atoms with Crippen LogP contribution >= 0.6 is 0 Å². The molecular weight excluding hydrogens is 288 g/mol. The van der Waals surface area contributed by atoms with Crippen LogP contribution in [-0.2, 0) is 28.6 Å². The van der Waals surface area contributed by atoms with Crippen molar-refractivity contribution in [3.63, 3.8) is 0 Å². The molecule has 22 heavy (non-hydrogen) atoms. The number of rotatable bonds is 9. The molecular formula is C16H22O6. The van der Waals surface area contributed by atoms with Gasteiger partial charge in [-0.05, 0) is 41.5 Å². The molecule has 0 bridgehead atoms. The molecule has 0 aromatic carbocycles. The molecule has 0 rings (SSSR count). The van der Waals surface area contributed by atoms with Crippen LogP contribution in [0.15, 0.2) is 35.5 Å². The average molecular weight is 310 g/mol. The third kappa shape index (κ3) is 10.4. The Kier molecular flexibility index (Phi) is 8.52. The van der Waals surface area contributed by atoms with Crippen molar-refractivity contribution >= 4 is 17.3 Å². The quantitative estimate of drug-likeness (QED) is 0.370. The highest BCUT2D eigenvalue weighted by Crippen LogP contribution is 2.14. The first-order valence-electron chi connectivity index (χ1n) is 6.66. The smallest absolute Gasteiger partial charge is 0.405 e. The maximum atomic E-state index is 11.0. The van der Waals surface area contributed by atoms with Gasteiger partial charge in [0.25, 0.3) is 0 Å². The van der Waals surface area contributed by atoms with E-state index in [9.17, 15) is 14.4 Å². The van der Waals surface area contributed by atoms with Crippen LogP contribution in [-0.4, -0.2) is 23.8 Å². The minimum absolute atomic E-state index is 0.191. The highest BCUT2D eigenvalue weighted by molar-refractivity contribution is 5.88. The SMILES string of the molecule is CC(=O)/C=C(/C)OC(O/C(C)=C\C(C)=O)O/C(C)=C/C(C)=O. The van der Waals surface area contributed by atoms with Crippen molar-refractivity contribution in [3.05, 3.63) is 35.5 Å². The molecule has 0 aliphatic carbocycles. The van der Waals surface area contributed by atoms with Crippen molar-refractivity contribution in [3.8, 4) is 0 Å². The van der Waals surface area contributed by atoms with Crippen LogP contribution < -0.4 is 0 Å². The number of carbonyl (C=O) groups is 3. The second-order valence-corrected chi connectivity index (χ2v) is 4.74. The van der Waals surface area contributed by atoms with Crippen LogP contribution in [0.2, 0.25) is 0 Å². The van der Waals surface area contributed by atoms with Gasteiger partial charge in [-0.25, -0.2) is 0 Å². The van der Waals surface area contributed by atoms with Gasteiger partial charge in [0.2, 0.25) is 0 Å². The number of hydrogen-bond donors (Lipinski definition) is 0. The van der Waals surface area contributed by atoms with Gasteiger partial charge in [0, 0.05) is 18.2 Å². The second kappa shape index (κ2) is 9.55. The van der Waals surface area contributed by atoms with Gasteiger partial charge in [-0.1, -0.05) is 0 Å².